The summed E-state index contributed by atoms with van der Waals surface area (Å²) in [5.41, 5.74) is 12.0. The molecule has 0 fully saturated rings. The Balaban J connectivity index is 1.60. The van der Waals surface area contributed by atoms with E-state index in [1.807, 2.05) is 12.1 Å². The van der Waals surface area contributed by atoms with E-state index in [0.29, 0.717) is 11.1 Å². The fourth-order valence-corrected chi connectivity index (χ4v) is 5.57. The number of anilines is 3. The van der Waals surface area contributed by atoms with Crippen molar-refractivity contribution < 1.29 is 0 Å². The van der Waals surface area contributed by atoms with E-state index in [9.17, 15) is 10.5 Å². The molecule has 0 heterocycles. The molecule has 5 rings (SSSR count). The maximum absolute atomic E-state index is 9.62. The van der Waals surface area contributed by atoms with Crippen molar-refractivity contribution in [1.29, 1.82) is 10.5 Å². The average Bonchev–Trinajstić information content (AvgIpc) is 3.10. The molecule has 0 saturated heterocycles. The number of nitriles is 2. The van der Waals surface area contributed by atoms with Gasteiger partial charge in [-0.25, -0.2) is 0 Å². The first-order valence-electron chi connectivity index (χ1n) is 14.1. The van der Waals surface area contributed by atoms with Crippen molar-refractivity contribution in [1.82, 2.24) is 0 Å². The van der Waals surface area contributed by atoms with Crippen LogP contribution in [0.5, 0.6) is 0 Å². The van der Waals surface area contributed by atoms with Gasteiger partial charge in [0.15, 0.2) is 0 Å². The lowest BCUT2D eigenvalue weighted by atomic mass is 9.86. The molecule has 0 atom stereocenters. The molecular weight excluding hydrogens is 486 g/mol. The van der Waals surface area contributed by atoms with Crippen LogP contribution in [0.1, 0.15) is 86.1 Å². The third kappa shape index (κ3) is 5.38. The van der Waals surface area contributed by atoms with Crippen LogP contribution < -0.4 is 4.90 Å². The van der Waals surface area contributed by atoms with Gasteiger partial charge in [0.05, 0.1) is 11.1 Å². The van der Waals surface area contributed by atoms with Crippen molar-refractivity contribution in [2.75, 3.05) is 4.90 Å². The topological polar surface area (TPSA) is 50.8 Å². The highest BCUT2D eigenvalue weighted by atomic mass is 15.1. The van der Waals surface area contributed by atoms with Crippen molar-refractivity contribution in [3.63, 3.8) is 0 Å². The summed E-state index contributed by atoms with van der Waals surface area (Å²) in [4.78, 5) is 2.34. The fraction of sp³-hybridized carbons (Fsp3) is 0.297. The van der Waals surface area contributed by atoms with Crippen LogP contribution in [0.2, 0.25) is 0 Å². The Morgan fingerprint density at radius 1 is 0.525 bits per heavy atom. The Bertz CT molecular complexity index is 1570. The molecule has 4 aromatic rings. The quantitative estimate of drug-likeness (QED) is 0.269. The minimum absolute atomic E-state index is 0.0862. The molecule has 0 unspecified atom stereocenters. The van der Waals surface area contributed by atoms with Gasteiger partial charge in [-0.1, -0.05) is 71.9 Å². The second kappa shape index (κ2) is 10.3. The Morgan fingerprint density at radius 3 is 1.43 bits per heavy atom. The second-order valence-electron chi connectivity index (χ2n) is 12.9. The zero-order valence-corrected chi connectivity index (χ0v) is 24.5. The Labute approximate surface area is 239 Å². The van der Waals surface area contributed by atoms with Gasteiger partial charge in [-0.2, -0.15) is 10.5 Å². The molecule has 3 nitrogen and oxygen atoms in total. The lowest BCUT2D eigenvalue weighted by Gasteiger charge is -2.28. The van der Waals surface area contributed by atoms with Gasteiger partial charge in [0.25, 0.3) is 0 Å². The van der Waals surface area contributed by atoms with Crippen molar-refractivity contribution in [3.05, 3.63) is 123 Å². The first-order chi connectivity index (χ1) is 19.0. The van der Waals surface area contributed by atoms with Gasteiger partial charge < -0.3 is 4.90 Å². The smallest absolute Gasteiger partial charge is 0.101 e. The molecule has 0 radical (unpaired) electrons. The average molecular weight is 524 g/mol. The fourth-order valence-electron chi connectivity index (χ4n) is 5.57. The Morgan fingerprint density at radius 2 is 0.950 bits per heavy atom. The van der Waals surface area contributed by atoms with Gasteiger partial charge in [0.2, 0.25) is 0 Å². The Hall–Kier alpha value is -4.34. The summed E-state index contributed by atoms with van der Waals surface area (Å²) >= 11 is 0. The molecule has 0 bridgehead atoms. The van der Waals surface area contributed by atoms with Crippen molar-refractivity contribution in [2.24, 2.45) is 0 Å². The molecular formula is C37H37N3. The zero-order chi connectivity index (χ0) is 28.7. The highest BCUT2D eigenvalue weighted by molar-refractivity contribution is 5.77. The summed E-state index contributed by atoms with van der Waals surface area (Å²) in [6, 6.07) is 32.9. The first kappa shape index (κ1) is 27.2. The van der Waals surface area contributed by atoms with Crippen LogP contribution in [0.25, 0.3) is 0 Å². The van der Waals surface area contributed by atoms with Gasteiger partial charge in [0.1, 0.15) is 12.1 Å². The molecule has 4 aromatic carbocycles. The molecule has 40 heavy (non-hydrogen) atoms. The van der Waals surface area contributed by atoms with E-state index >= 15 is 0 Å². The summed E-state index contributed by atoms with van der Waals surface area (Å²) in [7, 11) is 0. The van der Waals surface area contributed by atoms with Gasteiger partial charge >= 0.3 is 0 Å². The van der Waals surface area contributed by atoms with E-state index in [1.165, 1.54) is 27.8 Å². The second-order valence-corrected chi connectivity index (χ2v) is 12.9. The number of hydrogen-bond donors (Lipinski definition) is 0. The van der Waals surface area contributed by atoms with Crippen LogP contribution >= 0.6 is 0 Å². The highest BCUT2D eigenvalue weighted by Crippen LogP contribution is 2.39. The number of aryl methyl sites for hydroxylation is 2. The molecule has 0 amide bonds. The highest BCUT2D eigenvalue weighted by Gasteiger charge is 2.21. The third-order valence-electron chi connectivity index (χ3n) is 8.06. The minimum atomic E-state index is 0.0862. The molecule has 1 aliphatic rings. The maximum atomic E-state index is 9.62. The molecule has 0 aliphatic heterocycles. The Kier molecular flexibility index (Phi) is 7.03. The zero-order valence-electron chi connectivity index (χ0n) is 24.5. The summed E-state index contributed by atoms with van der Waals surface area (Å²) in [5, 5.41) is 19.1. The number of nitrogens with zero attached hydrogens (tertiary/aromatic N) is 3. The first-order valence-corrected chi connectivity index (χ1v) is 14.1. The standard InChI is InChI=1S/C37H37N3/c1-36(2,3)31-10-15-33(16-11-31)40(34-17-12-32(13-18-34)37(4,5)6)35-14-9-25-7-8-26-19-29(23-38)30(24-39)21-27(26)20-28(25)22-35/h9-19,21-22H,7-8,20H2,1-6H3. The number of hydrogen-bond acceptors (Lipinski definition) is 3. The van der Waals surface area contributed by atoms with Crippen LogP contribution in [0.4, 0.5) is 17.1 Å². The SMILES string of the molecule is CC(C)(C)c1ccc(N(c2ccc(C(C)(C)C)cc2)c2ccc3c(c2)Cc2cc(C#N)c(C#N)cc2CC3)cc1. The predicted molar refractivity (Wildman–Crippen MR) is 165 cm³/mol. The predicted octanol–water partition coefficient (Wildman–Crippen LogP) is 9.18. The lowest BCUT2D eigenvalue weighted by Crippen LogP contribution is -2.14. The van der Waals surface area contributed by atoms with Gasteiger partial charge in [-0.05, 0) is 112 Å². The van der Waals surface area contributed by atoms with Crippen LogP contribution in [0, 0.1) is 22.7 Å². The summed E-state index contributed by atoms with van der Waals surface area (Å²) in [6.45, 7) is 13.5. The molecule has 3 heteroatoms. The summed E-state index contributed by atoms with van der Waals surface area (Å²) in [6.07, 6.45) is 2.53. The number of rotatable bonds is 3. The molecule has 200 valence electrons. The van der Waals surface area contributed by atoms with Crippen LogP contribution in [-0.4, -0.2) is 0 Å². The third-order valence-corrected chi connectivity index (χ3v) is 8.06. The van der Waals surface area contributed by atoms with Crippen LogP contribution in [0.15, 0.2) is 78.9 Å². The largest absolute Gasteiger partial charge is 0.310 e. The molecule has 0 aromatic heterocycles. The minimum Gasteiger partial charge on any atom is -0.310 e. The molecule has 0 spiro atoms. The van der Waals surface area contributed by atoms with Crippen molar-refractivity contribution in [2.45, 2.75) is 71.6 Å². The van der Waals surface area contributed by atoms with E-state index in [1.54, 1.807) is 0 Å². The van der Waals surface area contributed by atoms with E-state index in [-0.39, 0.29) is 10.8 Å². The van der Waals surface area contributed by atoms with Crippen molar-refractivity contribution in [3.8, 4) is 12.1 Å². The molecule has 0 N–H and O–H groups in total. The van der Waals surface area contributed by atoms with E-state index in [0.717, 1.165) is 41.9 Å². The number of fused-ring (bicyclic) bond motifs is 2. The van der Waals surface area contributed by atoms with Gasteiger partial charge in [-0.15, -0.1) is 0 Å². The van der Waals surface area contributed by atoms with E-state index in [4.69, 9.17) is 0 Å². The molecule has 0 saturated carbocycles. The van der Waals surface area contributed by atoms with Crippen LogP contribution in [-0.2, 0) is 30.1 Å². The monoisotopic (exact) mass is 523 g/mol. The van der Waals surface area contributed by atoms with E-state index in [2.05, 4.69) is 125 Å². The molecule has 1 aliphatic carbocycles. The van der Waals surface area contributed by atoms with E-state index < -0.39 is 0 Å². The normalized spacial score (nSPS) is 12.9. The van der Waals surface area contributed by atoms with Crippen molar-refractivity contribution >= 4 is 17.1 Å². The van der Waals surface area contributed by atoms with Crippen LogP contribution in [0.3, 0.4) is 0 Å². The van der Waals surface area contributed by atoms with Gasteiger partial charge in [0, 0.05) is 17.1 Å². The maximum Gasteiger partial charge on any atom is 0.101 e. The summed E-state index contributed by atoms with van der Waals surface area (Å²) < 4.78 is 0. The van der Waals surface area contributed by atoms with Gasteiger partial charge in [-0.3, -0.25) is 0 Å². The lowest BCUT2D eigenvalue weighted by molar-refractivity contribution is 0.590. The number of benzene rings is 4. The summed E-state index contributed by atoms with van der Waals surface area (Å²) in [5.74, 6) is 0.